The lowest BCUT2D eigenvalue weighted by Gasteiger charge is -2.13. The maximum Gasteiger partial charge on any atom is 0.416 e. The first-order valence-electron chi connectivity index (χ1n) is 10.8. The Morgan fingerprint density at radius 2 is 2.00 bits per heavy atom. The van der Waals surface area contributed by atoms with Crippen molar-refractivity contribution in [1.82, 2.24) is 15.0 Å². The Balaban J connectivity index is 1.69. The topological polar surface area (TPSA) is 102 Å². The van der Waals surface area contributed by atoms with Crippen molar-refractivity contribution in [2.75, 3.05) is 13.7 Å². The number of benzene rings is 1. The molecule has 0 unspecified atom stereocenters. The van der Waals surface area contributed by atoms with Crippen molar-refractivity contribution in [3.63, 3.8) is 0 Å². The highest BCUT2D eigenvalue weighted by Crippen LogP contribution is 2.31. The SMILES string of the molecule is COCc1cc(C)nc(OCC(=O)NN=Cc2cc(C)n(-c3cccc(C(F)(F)F)c3)c2C)c1C#N. The fraction of sp³-hybridized carbons (Fsp3) is 0.280. The van der Waals surface area contributed by atoms with Gasteiger partial charge in [-0.15, -0.1) is 0 Å². The number of hydrogen-bond donors (Lipinski definition) is 1. The molecule has 36 heavy (non-hydrogen) atoms. The predicted molar refractivity (Wildman–Crippen MR) is 126 cm³/mol. The standard InChI is InChI=1S/C25H24F3N5O3/c1-15-8-19(13-35-4)22(11-29)24(31-15)36-14-23(34)32-30-12-18-9-16(2)33(17(18)3)21-7-5-6-20(10-21)25(26,27)28/h5-10,12H,13-14H2,1-4H3,(H,32,34). The summed E-state index contributed by atoms with van der Waals surface area (Å²) in [5, 5.41) is 13.4. The number of aryl methyl sites for hydroxylation is 2. The Labute approximate surface area is 206 Å². The van der Waals surface area contributed by atoms with Gasteiger partial charge in [0.05, 0.1) is 18.4 Å². The number of nitrogens with one attached hydrogen (secondary N) is 1. The molecule has 0 aliphatic heterocycles. The van der Waals surface area contributed by atoms with Crippen LogP contribution in [0.2, 0.25) is 0 Å². The normalized spacial score (nSPS) is 11.5. The van der Waals surface area contributed by atoms with Crippen LogP contribution in [0.1, 0.15) is 39.3 Å². The van der Waals surface area contributed by atoms with E-state index in [2.05, 4.69) is 15.5 Å². The fourth-order valence-corrected chi connectivity index (χ4v) is 3.68. The number of aromatic nitrogens is 2. The molecule has 0 aliphatic rings. The first kappa shape index (κ1) is 26.4. The number of ether oxygens (including phenoxy) is 2. The third-order valence-electron chi connectivity index (χ3n) is 5.24. The smallest absolute Gasteiger partial charge is 0.416 e. The molecule has 11 heteroatoms. The minimum absolute atomic E-state index is 0.0216. The van der Waals surface area contributed by atoms with Gasteiger partial charge in [0.1, 0.15) is 11.6 Å². The number of halogens is 3. The zero-order chi connectivity index (χ0) is 26.5. The van der Waals surface area contributed by atoms with E-state index in [1.54, 1.807) is 43.5 Å². The molecule has 0 saturated carbocycles. The molecule has 0 aliphatic carbocycles. The maximum absolute atomic E-state index is 13.1. The minimum atomic E-state index is -4.45. The van der Waals surface area contributed by atoms with Gasteiger partial charge in [-0.1, -0.05) is 6.07 Å². The van der Waals surface area contributed by atoms with E-state index in [0.717, 1.165) is 12.1 Å². The number of carbonyl (C=O) groups is 1. The number of nitriles is 1. The summed E-state index contributed by atoms with van der Waals surface area (Å²) >= 11 is 0. The number of alkyl halides is 3. The molecule has 0 radical (unpaired) electrons. The van der Waals surface area contributed by atoms with Crippen molar-refractivity contribution in [3.05, 3.63) is 75.7 Å². The lowest BCUT2D eigenvalue weighted by molar-refractivity contribution is -0.137. The number of hydrazone groups is 1. The Bertz CT molecular complexity index is 1340. The summed E-state index contributed by atoms with van der Waals surface area (Å²) in [5.74, 6) is -0.563. The number of nitrogens with zero attached hydrogens (tertiary/aromatic N) is 4. The third-order valence-corrected chi connectivity index (χ3v) is 5.24. The molecule has 3 rings (SSSR count). The maximum atomic E-state index is 13.1. The summed E-state index contributed by atoms with van der Waals surface area (Å²) in [6.07, 6.45) is -3.05. The molecule has 3 aromatic rings. The van der Waals surface area contributed by atoms with Gasteiger partial charge in [-0.25, -0.2) is 10.4 Å². The van der Waals surface area contributed by atoms with Gasteiger partial charge in [-0.05, 0) is 51.1 Å². The second-order valence-electron chi connectivity index (χ2n) is 7.94. The molecule has 0 atom stereocenters. The third kappa shape index (κ3) is 6.09. The minimum Gasteiger partial charge on any atom is -0.467 e. The molecule has 8 nitrogen and oxygen atoms in total. The van der Waals surface area contributed by atoms with Crippen molar-refractivity contribution in [3.8, 4) is 17.6 Å². The van der Waals surface area contributed by atoms with E-state index in [9.17, 15) is 23.2 Å². The van der Waals surface area contributed by atoms with E-state index in [-0.39, 0.29) is 18.1 Å². The molecule has 0 fully saturated rings. The molecule has 1 amide bonds. The average Bonchev–Trinajstić information content (AvgIpc) is 3.10. The number of carbonyl (C=O) groups excluding carboxylic acids is 1. The quantitative estimate of drug-likeness (QED) is 0.367. The highest BCUT2D eigenvalue weighted by Gasteiger charge is 2.30. The average molecular weight is 499 g/mol. The number of amides is 1. The highest BCUT2D eigenvalue weighted by atomic mass is 19.4. The van der Waals surface area contributed by atoms with Gasteiger partial charge < -0.3 is 14.0 Å². The van der Waals surface area contributed by atoms with Crippen LogP contribution in [0.3, 0.4) is 0 Å². The van der Waals surface area contributed by atoms with Crippen LogP contribution in [-0.4, -0.2) is 35.4 Å². The van der Waals surface area contributed by atoms with Crippen molar-refractivity contribution >= 4 is 12.1 Å². The summed E-state index contributed by atoms with van der Waals surface area (Å²) in [6, 6.07) is 10.5. The molecule has 0 bridgehead atoms. The van der Waals surface area contributed by atoms with Crippen molar-refractivity contribution < 1.29 is 27.4 Å². The van der Waals surface area contributed by atoms with Gasteiger partial charge in [0.25, 0.3) is 5.91 Å². The van der Waals surface area contributed by atoms with E-state index in [4.69, 9.17) is 9.47 Å². The van der Waals surface area contributed by atoms with E-state index in [0.29, 0.717) is 33.9 Å². The van der Waals surface area contributed by atoms with E-state index in [1.807, 2.05) is 6.07 Å². The van der Waals surface area contributed by atoms with Gasteiger partial charge in [0, 0.05) is 41.0 Å². The van der Waals surface area contributed by atoms with Crippen LogP contribution in [0.15, 0.2) is 41.5 Å². The van der Waals surface area contributed by atoms with Gasteiger partial charge in [0.15, 0.2) is 6.61 Å². The van der Waals surface area contributed by atoms with Crippen LogP contribution in [0.25, 0.3) is 5.69 Å². The first-order chi connectivity index (χ1) is 17.0. The van der Waals surface area contributed by atoms with E-state index in [1.165, 1.54) is 19.4 Å². The summed E-state index contributed by atoms with van der Waals surface area (Å²) < 4.78 is 51.5. The van der Waals surface area contributed by atoms with Crippen molar-refractivity contribution in [1.29, 1.82) is 5.26 Å². The number of rotatable bonds is 8. The Hall–Kier alpha value is -4.17. The predicted octanol–water partition coefficient (Wildman–Crippen LogP) is 4.36. The Kier molecular flexibility index (Phi) is 8.11. The summed E-state index contributed by atoms with van der Waals surface area (Å²) in [4.78, 5) is 16.4. The second kappa shape index (κ2) is 11.0. The van der Waals surface area contributed by atoms with Crippen LogP contribution in [0, 0.1) is 32.1 Å². The molecule has 0 spiro atoms. The summed E-state index contributed by atoms with van der Waals surface area (Å²) in [5.41, 5.74) is 5.29. The number of pyridine rings is 1. The molecule has 2 heterocycles. The van der Waals surface area contributed by atoms with Crippen LogP contribution >= 0.6 is 0 Å². The van der Waals surface area contributed by atoms with Crippen LogP contribution < -0.4 is 10.2 Å². The summed E-state index contributed by atoms with van der Waals surface area (Å²) in [7, 11) is 1.50. The number of hydrogen-bond acceptors (Lipinski definition) is 6. The lowest BCUT2D eigenvalue weighted by Crippen LogP contribution is -2.25. The zero-order valence-electron chi connectivity index (χ0n) is 20.1. The molecular formula is C25H24F3N5O3. The molecule has 0 saturated heterocycles. The highest BCUT2D eigenvalue weighted by molar-refractivity contribution is 5.84. The lowest BCUT2D eigenvalue weighted by atomic mass is 10.1. The van der Waals surface area contributed by atoms with Crippen molar-refractivity contribution in [2.24, 2.45) is 5.10 Å². The van der Waals surface area contributed by atoms with Gasteiger partial charge in [0.2, 0.25) is 5.88 Å². The molecule has 188 valence electrons. The van der Waals surface area contributed by atoms with Crippen LogP contribution in [0.4, 0.5) is 13.2 Å². The van der Waals surface area contributed by atoms with E-state index < -0.39 is 24.3 Å². The Morgan fingerprint density at radius 1 is 1.25 bits per heavy atom. The molecule has 1 aromatic carbocycles. The largest absolute Gasteiger partial charge is 0.467 e. The van der Waals surface area contributed by atoms with Gasteiger partial charge in [-0.3, -0.25) is 4.79 Å². The van der Waals surface area contributed by atoms with Crippen LogP contribution in [-0.2, 0) is 22.3 Å². The zero-order valence-corrected chi connectivity index (χ0v) is 20.1. The monoisotopic (exact) mass is 499 g/mol. The molecular weight excluding hydrogens is 475 g/mol. The summed E-state index contributed by atoms with van der Waals surface area (Å²) in [6.45, 7) is 4.99. The molecule has 1 N–H and O–H groups in total. The number of methoxy groups -OCH3 is 1. The Morgan fingerprint density at radius 3 is 2.67 bits per heavy atom. The second-order valence-corrected chi connectivity index (χ2v) is 7.94. The first-order valence-corrected chi connectivity index (χ1v) is 10.8. The fourth-order valence-electron chi connectivity index (χ4n) is 3.68. The van der Waals surface area contributed by atoms with Gasteiger partial charge in [-0.2, -0.15) is 23.5 Å². The molecule has 2 aromatic heterocycles. The van der Waals surface area contributed by atoms with Crippen molar-refractivity contribution in [2.45, 2.75) is 33.6 Å². The van der Waals surface area contributed by atoms with Gasteiger partial charge >= 0.3 is 6.18 Å². The van der Waals surface area contributed by atoms with E-state index >= 15 is 0 Å². The van der Waals surface area contributed by atoms with Crippen LogP contribution in [0.5, 0.6) is 5.88 Å².